The fraction of sp³-hybridized carbons (Fsp3) is 0. The van der Waals surface area contributed by atoms with Crippen LogP contribution in [0.2, 0.25) is 0 Å². The first kappa shape index (κ1) is 32.5. The lowest BCUT2D eigenvalue weighted by Crippen LogP contribution is -2.00. The summed E-state index contributed by atoms with van der Waals surface area (Å²) in [6, 6.07) is 64.6. The summed E-state index contributed by atoms with van der Waals surface area (Å²) < 4.78 is 2.27. The van der Waals surface area contributed by atoms with E-state index >= 15 is 0 Å². The average molecular weight is 722 g/mol. The van der Waals surface area contributed by atoms with Gasteiger partial charge in [-0.1, -0.05) is 176 Å². The molecule has 0 N–H and O–H groups in total. The van der Waals surface area contributed by atoms with Gasteiger partial charge in [-0.15, -0.1) is 11.3 Å². The van der Waals surface area contributed by atoms with Crippen molar-refractivity contribution in [3.63, 3.8) is 0 Å². The van der Waals surface area contributed by atoms with Gasteiger partial charge in [0.25, 0.3) is 0 Å². The molecule has 6 heteroatoms. The molecule has 10 aromatic rings. The summed E-state index contributed by atoms with van der Waals surface area (Å²) >= 11 is 1.73. The van der Waals surface area contributed by atoms with E-state index in [1.165, 1.54) is 4.70 Å². The SMILES string of the molecule is c1ccc(-c2ccc(-c3nc(-c4ccc(-c5ccccc5)cc4)nc(-c4cccc(-c5nc(-c6ccccc6)c6sc7ccccc7c6n5)c4)n3)cc2)cc1. The quantitative estimate of drug-likeness (QED) is 0.164. The third-order valence-corrected chi connectivity index (χ3v) is 10.9. The summed E-state index contributed by atoms with van der Waals surface area (Å²) in [7, 11) is 0. The highest BCUT2D eigenvalue weighted by molar-refractivity contribution is 7.26. The van der Waals surface area contributed by atoms with Gasteiger partial charge < -0.3 is 0 Å². The highest BCUT2D eigenvalue weighted by Gasteiger charge is 2.18. The summed E-state index contributed by atoms with van der Waals surface area (Å²) in [4.78, 5) is 25.6. The molecule has 7 aromatic carbocycles. The molecule has 0 aliphatic carbocycles. The van der Waals surface area contributed by atoms with Crippen LogP contribution in [-0.2, 0) is 0 Å². The van der Waals surface area contributed by atoms with Gasteiger partial charge in [-0.05, 0) is 34.4 Å². The van der Waals surface area contributed by atoms with E-state index < -0.39 is 0 Å². The molecule has 0 amide bonds. The number of nitrogens with zero attached hydrogens (tertiary/aromatic N) is 5. The molecule has 3 aromatic heterocycles. The van der Waals surface area contributed by atoms with E-state index in [-0.39, 0.29) is 0 Å². The minimum Gasteiger partial charge on any atom is -0.226 e. The number of hydrogen-bond donors (Lipinski definition) is 0. The summed E-state index contributed by atoms with van der Waals surface area (Å²) in [5, 5.41) is 1.13. The third-order valence-electron chi connectivity index (χ3n) is 9.78. The first-order valence-corrected chi connectivity index (χ1v) is 19.0. The maximum absolute atomic E-state index is 5.21. The van der Waals surface area contributed by atoms with Crippen molar-refractivity contribution < 1.29 is 0 Å². The molecule has 0 radical (unpaired) electrons. The minimum atomic E-state index is 0.575. The van der Waals surface area contributed by atoms with Gasteiger partial charge in [0, 0.05) is 37.9 Å². The molecule has 0 bridgehead atoms. The molecule has 0 atom stereocenters. The van der Waals surface area contributed by atoms with E-state index in [2.05, 4.69) is 158 Å². The number of rotatable bonds is 7. The Kier molecular flexibility index (Phi) is 8.28. The van der Waals surface area contributed by atoms with Crippen LogP contribution in [0.4, 0.5) is 0 Å². The zero-order valence-corrected chi connectivity index (χ0v) is 30.4. The number of fused-ring (bicyclic) bond motifs is 3. The standard InChI is InChI=1S/C49H31N5S/c1-4-13-32(14-5-1)34-23-27-37(28-24-34)46-52-47(38-29-25-35(26-30-38)33-15-6-2-7-16-33)54-49(53-46)40-20-12-19-39(31-40)48-50-43(36-17-8-3-9-18-36)45-44(51-48)41-21-10-11-22-42(41)55-45/h1-31H. The van der Waals surface area contributed by atoms with Gasteiger partial charge in [-0.25, -0.2) is 24.9 Å². The van der Waals surface area contributed by atoms with Crippen molar-refractivity contribution in [1.82, 2.24) is 24.9 Å². The van der Waals surface area contributed by atoms with Gasteiger partial charge in [-0.3, -0.25) is 0 Å². The normalized spacial score (nSPS) is 11.3. The van der Waals surface area contributed by atoms with Crippen molar-refractivity contribution in [3.8, 4) is 79.1 Å². The highest BCUT2D eigenvalue weighted by Crippen LogP contribution is 2.39. The lowest BCUT2D eigenvalue weighted by atomic mass is 10.0. The van der Waals surface area contributed by atoms with Gasteiger partial charge in [0.1, 0.15) is 0 Å². The van der Waals surface area contributed by atoms with Gasteiger partial charge in [0.05, 0.1) is 15.9 Å². The van der Waals surface area contributed by atoms with E-state index in [0.717, 1.165) is 71.4 Å². The van der Waals surface area contributed by atoms with Crippen molar-refractivity contribution >= 4 is 31.6 Å². The van der Waals surface area contributed by atoms with E-state index in [1.807, 2.05) is 30.3 Å². The van der Waals surface area contributed by atoms with Crippen LogP contribution in [0.5, 0.6) is 0 Å². The third kappa shape index (κ3) is 6.35. The monoisotopic (exact) mass is 721 g/mol. The van der Waals surface area contributed by atoms with Crippen LogP contribution in [-0.4, -0.2) is 24.9 Å². The first-order valence-electron chi connectivity index (χ1n) is 18.2. The van der Waals surface area contributed by atoms with Gasteiger partial charge in [0.2, 0.25) is 0 Å². The molecule has 0 spiro atoms. The number of benzene rings is 7. The van der Waals surface area contributed by atoms with Crippen molar-refractivity contribution in [1.29, 1.82) is 0 Å². The fourth-order valence-corrected chi connectivity index (χ4v) is 8.11. The summed E-state index contributed by atoms with van der Waals surface area (Å²) in [6.07, 6.45) is 0. The Bertz CT molecular complexity index is 2840. The van der Waals surface area contributed by atoms with Crippen molar-refractivity contribution in [2.24, 2.45) is 0 Å². The van der Waals surface area contributed by atoms with Crippen LogP contribution >= 0.6 is 11.3 Å². The van der Waals surface area contributed by atoms with Crippen LogP contribution in [0, 0.1) is 0 Å². The van der Waals surface area contributed by atoms with E-state index in [1.54, 1.807) is 11.3 Å². The number of thiophene rings is 1. The molecule has 0 fully saturated rings. The van der Waals surface area contributed by atoms with Crippen LogP contribution < -0.4 is 0 Å². The zero-order valence-electron chi connectivity index (χ0n) is 29.5. The Morgan fingerprint density at radius 3 is 1.24 bits per heavy atom. The molecule has 0 unspecified atom stereocenters. The smallest absolute Gasteiger partial charge is 0.164 e. The van der Waals surface area contributed by atoms with Crippen LogP contribution in [0.1, 0.15) is 0 Å². The van der Waals surface area contributed by atoms with E-state index in [0.29, 0.717) is 23.3 Å². The van der Waals surface area contributed by atoms with Crippen molar-refractivity contribution in [3.05, 3.63) is 188 Å². The number of hydrogen-bond acceptors (Lipinski definition) is 6. The topological polar surface area (TPSA) is 64.5 Å². The first-order chi connectivity index (χ1) is 27.2. The molecule has 0 saturated heterocycles. The summed E-state index contributed by atoms with van der Waals surface area (Å²) in [6.45, 7) is 0. The molecular weight excluding hydrogens is 691 g/mol. The molecule has 3 heterocycles. The summed E-state index contributed by atoms with van der Waals surface area (Å²) in [5.41, 5.74) is 11.1. The van der Waals surface area contributed by atoms with Crippen LogP contribution in [0.15, 0.2) is 188 Å². The summed E-state index contributed by atoms with van der Waals surface area (Å²) in [5.74, 6) is 2.43. The Balaban J connectivity index is 1.10. The Labute approximate surface area is 322 Å². The van der Waals surface area contributed by atoms with Crippen molar-refractivity contribution in [2.45, 2.75) is 0 Å². The molecule has 10 rings (SSSR count). The van der Waals surface area contributed by atoms with Crippen molar-refractivity contribution in [2.75, 3.05) is 0 Å². The minimum absolute atomic E-state index is 0.575. The average Bonchev–Trinajstić information content (AvgIpc) is 3.66. The maximum atomic E-state index is 5.21. The molecule has 0 saturated carbocycles. The second-order valence-corrected chi connectivity index (χ2v) is 14.4. The lowest BCUT2D eigenvalue weighted by molar-refractivity contribution is 1.07. The molecule has 0 aliphatic rings. The largest absolute Gasteiger partial charge is 0.226 e. The number of aromatic nitrogens is 5. The fourth-order valence-electron chi connectivity index (χ4n) is 6.96. The van der Waals surface area contributed by atoms with Crippen LogP contribution in [0.3, 0.4) is 0 Å². The van der Waals surface area contributed by atoms with Gasteiger partial charge >= 0.3 is 0 Å². The van der Waals surface area contributed by atoms with E-state index in [4.69, 9.17) is 24.9 Å². The van der Waals surface area contributed by atoms with Crippen LogP contribution in [0.25, 0.3) is 99.4 Å². The van der Waals surface area contributed by atoms with Gasteiger partial charge in [0.15, 0.2) is 23.3 Å². The van der Waals surface area contributed by atoms with E-state index in [9.17, 15) is 0 Å². The second kappa shape index (κ2) is 14.0. The zero-order chi connectivity index (χ0) is 36.6. The Morgan fingerprint density at radius 1 is 0.291 bits per heavy atom. The molecule has 55 heavy (non-hydrogen) atoms. The lowest BCUT2D eigenvalue weighted by Gasteiger charge is -2.11. The molecule has 258 valence electrons. The molecule has 0 aliphatic heterocycles. The highest BCUT2D eigenvalue weighted by atomic mass is 32.1. The Morgan fingerprint density at radius 2 is 0.691 bits per heavy atom. The van der Waals surface area contributed by atoms with Gasteiger partial charge in [-0.2, -0.15) is 0 Å². The molecular formula is C49H31N5S. The molecule has 5 nitrogen and oxygen atoms in total. The maximum Gasteiger partial charge on any atom is 0.164 e. The predicted molar refractivity (Wildman–Crippen MR) is 226 cm³/mol. The predicted octanol–water partition coefficient (Wildman–Crippen LogP) is 12.7. The Hall–Kier alpha value is -7.15. The second-order valence-electron chi connectivity index (χ2n) is 13.3.